The quantitative estimate of drug-likeness (QED) is 0.857. The summed E-state index contributed by atoms with van der Waals surface area (Å²) in [4.78, 5) is 11.1. The van der Waals surface area contributed by atoms with Crippen molar-refractivity contribution in [3.8, 4) is 5.75 Å². The molecule has 1 N–H and O–H groups in total. The van der Waals surface area contributed by atoms with Gasteiger partial charge in [-0.15, -0.1) is 0 Å². The SMILES string of the molecule is CNC(=O)/C=C/c1ccc(OCc2ccc(F)cc2)cc1. The Hall–Kier alpha value is -2.62. The molecule has 0 bridgehead atoms. The third-order valence-corrected chi connectivity index (χ3v) is 2.87. The predicted molar refractivity (Wildman–Crippen MR) is 80.3 cm³/mol. The molecule has 4 heteroatoms. The van der Waals surface area contributed by atoms with E-state index in [2.05, 4.69) is 5.32 Å². The summed E-state index contributed by atoms with van der Waals surface area (Å²) in [6.45, 7) is 0.383. The van der Waals surface area contributed by atoms with Gasteiger partial charge >= 0.3 is 0 Å². The van der Waals surface area contributed by atoms with Crippen LogP contribution in [0.1, 0.15) is 11.1 Å². The van der Waals surface area contributed by atoms with Crippen LogP contribution in [0.3, 0.4) is 0 Å². The number of likely N-dealkylation sites (N-methyl/N-ethyl adjacent to an activating group) is 1. The molecule has 2 aromatic rings. The van der Waals surface area contributed by atoms with E-state index in [1.54, 1.807) is 25.3 Å². The van der Waals surface area contributed by atoms with Gasteiger partial charge in [-0.05, 0) is 41.5 Å². The van der Waals surface area contributed by atoms with Crippen molar-refractivity contribution < 1.29 is 13.9 Å². The van der Waals surface area contributed by atoms with Gasteiger partial charge in [-0.2, -0.15) is 0 Å². The second-order valence-electron chi connectivity index (χ2n) is 4.43. The molecule has 3 nitrogen and oxygen atoms in total. The monoisotopic (exact) mass is 285 g/mol. The first-order valence-corrected chi connectivity index (χ1v) is 6.54. The smallest absolute Gasteiger partial charge is 0.243 e. The zero-order valence-electron chi connectivity index (χ0n) is 11.7. The van der Waals surface area contributed by atoms with E-state index in [1.165, 1.54) is 18.2 Å². The molecular formula is C17H16FNO2. The highest BCUT2D eigenvalue weighted by Crippen LogP contribution is 2.15. The molecule has 0 aliphatic heterocycles. The van der Waals surface area contributed by atoms with Crippen LogP contribution in [0, 0.1) is 5.82 Å². The van der Waals surface area contributed by atoms with E-state index in [0.29, 0.717) is 6.61 Å². The van der Waals surface area contributed by atoms with Crippen molar-refractivity contribution in [3.05, 3.63) is 71.6 Å². The van der Waals surface area contributed by atoms with Crippen molar-refractivity contribution in [2.75, 3.05) is 7.05 Å². The van der Waals surface area contributed by atoms with Gasteiger partial charge in [0.15, 0.2) is 0 Å². The molecule has 0 spiro atoms. The van der Waals surface area contributed by atoms with Crippen LogP contribution < -0.4 is 10.1 Å². The molecule has 2 rings (SSSR count). The van der Waals surface area contributed by atoms with Crippen molar-refractivity contribution in [1.29, 1.82) is 0 Å². The summed E-state index contributed by atoms with van der Waals surface area (Å²) in [5.41, 5.74) is 1.81. The van der Waals surface area contributed by atoms with Crippen LogP contribution in [-0.2, 0) is 11.4 Å². The predicted octanol–water partition coefficient (Wildman–Crippen LogP) is 3.16. The van der Waals surface area contributed by atoms with Crippen molar-refractivity contribution >= 4 is 12.0 Å². The fraction of sp³-hybridized carbons (Fsp3) is 0.118. The zero-order valence-corrected chi connectivity index (χ0v) is 11.7. The van der Waals surface area contributed by atoms with Crippen LogP contribution in [0.2, 0.25) is 0 Å². The van der Waals surface area contributed by atoms with Gasteiger partial charge in [0.1, 0.15) is 18.2 Å². The van der Waals surface area contributed by atoms with Gasteiger partial charge in [0.05, 0.1) is 0 Å². The number of carbonyl (C=O) groups is 1. The molecule has 0 aromatic heterocycles. The van der Waals surface area contributed by atoms with Crippen molar-refractivity contribution in [2.45, 2.75) is 6.61 Å². The van der Waals surface area contributed by atoms with E-state index >= 15 is 0 Å². The number of hydrogen-bond donors (Lipinski definition) is 1. The number of benzene rings is 2. The first kappa shape index (κ1) is 14.8. The fourth-order valence-corrected chi connectivity index (χ4v) is 1.68. The van der Waals surface area contributed by atoms with Crippen LogP contribution in [-0.4, -0.2) is 13.0 Å². The highest BCUT2D eigenvalue weighted by Gasteiger charge is 1.97. The van der Waals surface area contributed by atoms with E-state index in [9.17, 15) is 9.18 Å². The standard InChI is InChI=1S/C17H16FNO2/c1-19-17(20)11-6-13-4-9-16(10-5-13)21-12-14-2-7-15(18)8-3-14/h2-11H,12H2,1H3,(H,19,20)/b11-6+. The molecule has 0 unspecified atom stereocenters. The van der Waals surface area contributed by atoms with E-state index < -0.39 is 0 Å². The second-order valence-corrected chi connectivity index (χ2v) is 4.43. The van der Waals surface area contributed by atoms with Gasteiger partial charge in [-0.1, -0.05) is 24.3 Å². The normalized spacial score (nSPS) is 10.6. The van der Waals surface area contributed by atoms with Gasteiger partial charge in [0, 0.05) is 13.1 Å². The zero-order chi connectivity index (χ0) is 15.1. The first-order chi connectivity index (χ1) is 10.2. The third kappa shape index (κ3) is 4.76. The number of rotatable bonds is 5. The lowest BCUT2D eigenvalue weighted by atomic mass is 10.2. The molecule has 0 aliphatic rings. The Bertz CT molecular complexity index is 618. The van der Waals surface area contributed by atoms with Crippen molar-refractivity contribution in [2.24, 2.45) is 0 Å². The highest BCUT2D eigenvalue weighted by molar-refractivity contribution is 5.91. The van der Waals surface area contributed by atoms with Gasteiger partial charge in [-0.3, -0.25) is 4.79 Å². The lowest BCUT2D eigenvalue weighted by Gasteiger charge is -2.06. The molecule has 21 heavy (non-hydrogen) atoms. The first-order valence-electron chi connectivity index (χ1n) is 6.54. The molecule has 0 fully saturated rings. The molecular weight excluding hydrogens is 269 g/mol. The summed E-state index contributed by atoms with van der Waals surface area (Å²) in [5, 5.41) is 2.51. The minimum Gasteiger partial charge on any atom is -0.489 e. The van der Waals surface area contributed by atoms with Gasteiger partial charge in [0.25, 0.3) is 0 Å². The minimum atomic E-state index is -0.258. The van der Waals surface area contributed by atoms with E-state index in [1.807, 2.05) is 24.3 Å². The number of hydrogen-bond acceptors (Lipinski definition) is 2. The molecule has 0 atom stereocenters. The maximum absolute atomic E-state index is 12.8. The molecule has 0 saturated carbocycles. The lowest BCUT2D eigenvalue weighted by molar-refractivity contribution is -0.115. The molecule has 0 aliphatic carbocycles. The van der Waals surface area contributed by atoms with Crippen LogP contribution in [0.5, 0.6) is 5.75 Å². The maximum Gasteiger partial charge on any atom is 0.243 e. The van der Waals surface area contributed by atoms with Crippen LogP contribution in [0.4, 0.5) is 4.39 Å². The van der Waals surface area contributed by atoms with E-state index in [4.69, 9.17) is 4.74 Å². The average molecular weight is 285 g/mol. The molecule has 2 aromatic carbocycles. The highest BCUT2D eigenvalue weighted by atomic mass is 19.1. The number of nitrogens with one attached hydrogen (secondary N) is 1. The molecule has 0 radical (unpaired) electrons. The lowest BCUT2D eigenvalue weighted by Crippen LogP contribution is -2.13. The Morgan fingerprint density at radius 1 is 1.14 bits per heavy atom. The fourth-order valence-electron chi connectivity index (χ4n) is 1.68. The summed E-state index contributed by atoms with van der Waals surface area (Å²) >= 11 is 0. The number of ether oxygens (including phenoxy) is 1. The van der Waals surface area contributed by atoms with Crippen LogP contribution in [0.25, 0.3) is 6.08 Å². The van der Waals surface area contributed by atoms with Crippen LogP contribution >= 0.6 is 0 Å². The van der Waals surface area contributed by atoms with Gasteiger partial charge < -0.3 is 10.1 Å². The number of amides is 1. The largest absolute Gasteiger partial charge is 0.489 e. The number of halogens is 1. The van der Waals surface area contributed by atoms with E-state index in [0.717, 1.165) is 16.9 Å². The van der Waals surface area contributed by atoms with Crippen molar-refractivity contribution in [1.82, 2.24) is 5.32 Å². The summed E-state index contributed by atoms with van der Waals surface area (Å²) in [6.07, 6.45) is 3.19. The Morgan fingerprint density at radius 2 is 1.81 bits per heavy atom. The summed E-state index contributed by atoms with van der Waals surface area (Å²) in [5.74, 6) is 0.314. The minimum absolute atomic E-state index is 0.147. The van der Waals surface area contributed by atoms with Gasteiger partial charge in [-0.25, -0.2) is 4.39 Å². The Labute approximate surface area is 123 Å². The Kier molecular flexibility index (Phi) is 5.10. The third-order valence-electron chi connectivity index (χ3n) is 2.87. The Morgan fingerprint density at radius 3 is 2.43 bits per heavy atom. The summed E-state index contributed by atoms with van der Waals surface area (Å²) < 4.78 is 18.4. The molecule has 108 valence electrons. The summed E-state index contributed by atoms with van der Waals surface area (Å²) in [7, 11) is 1.58. The molecule has 1 amide bonds. The average Bonchev–Trinajstić information content (AvgIpc) is 2.53. The summed E-state index contributed by atoms with van der Waals surface area (Å²) in [6, 6.07) is 13.6. The van der Waals surface area contributed by atoms with Gasteiger partial charge in [0.2, 0.25) is 5.91 Å². The van der Waals surface area contributed by atoms with E-state index in [-0.39, 0.29) is 11.7 Å². The van der Waals surface area contributed by atoms with Crippen LogP contribution in [0.15, 0.2) is 54.6 Å². The number of carbonyl (C=O) groups excluding carboxylic acids is 1. The molecule has 0 saturated heterocycles. The topological polar surface area (TPSA) is 38.3 Å². The second kappa shape index (κ2) is 7.24. The maximum atomic E-state index is 12.8. The molecule has 0 heterocycles. The van der Waals surface area contributed by atoms with Crippen molar-refractivity contribution in [3.63, 3.8) is 0 Å². The Balaban J connectivity index is 1.91.